The summed E-state index contributed by atoms with van der Waals surface area (Å²) in [5, 5.41) is 0. The SMILES string of the molecule is CCC(C)[C@@H](C(N)=O)N(C)Cc1ccccc1. The summed E-state index contributed by atoms with van der Waals surface area (Å²) < 4.78 is 0. The number of amides is 1. The molecule has 0 radical (unpaired) electrons. The summed E-state index contributed by atoms with van der Waals surface area (Å²) in [6.07, 6.45) is 0.951. The molecule has 3 nitrogen and oxygen atoms in total. The van der Waals surface area contributed by atoms with Crippen molar-refractivity contribution < 1.29 is 4.79 Å². The molecule has 1 aromatic carbocycles. The van der Waals surface area contributed by atoms with Gasteiger partial charge in [0.15, 0.2) is 0 Å². The van der Waals surface area contributed by atoms with Crippen molar-refractivity contribution in [2.45, 2.75) is 32.9 Å². The van der Waals surface area contributed by atoms with Crippen LogP contribution < -0.4 is 5.73 Å². The molecule has 3 heteroatoms. The predicted octanol–water partition coefficient (Wildman–Crippen LogP) is 2.02. The third-order valence-electron chi connectivity index (χ3n) is 3.22. The van der Waals surface area contributed by atoms with Crippen LogP contribution in [0.5, 0.6) is 0 Å². The molecule has 0 fully saturated rings. The lowest BCUT2D eigenvalue weighted by Crippen LogP contribution is -2.46. The van der Waals surface area contributed by atoms with Crippen LogP contribution in [0.3, 0.4) is 0 Å². The highest BCUT2D eigenvalue weighted by atomic mass is 16.1. The third kappa shape index (κ3) is 3.86. The Kier molecular flexibility index (Phi) is 5.16. The molecule has 0 heterocycles. The van der Waals surface area contributed by atoms with Crippen LogP contribution in [-0.4, -0.2) is 23.9 Å². The van der Waals surface area contributed by atoms with Gasteiger partial charge in [0.2, 0.25) is 5.91 Å². The molecule has 94 valence electrons. The molecule has 1 unspecified atom stereocenters. The number of likely N-dealkylation sites (N-methyl/N-ethyl adjacent to an activating group) is 1. The van der Waals surface area contributed by atoms with Crippen LogP contribution in [0.15, 0.2) is 30.3 Å². The molecular formula is C14H22N2O. The van der Waals surface area contributed by atoms with E-state index in [-0.39, 0.29) is 17.9 Å². The number of primary amides is 1. The molecule has 2 atom stereocenters. The number of hydrogen-bond acceptors (Lipinski definition) is 2. The van der Waals surface area contributed by atoms with E-state index in [2.05, 4.69) is 26.0 Å². The van der Waals surface area contributed by atoms with Crippen molar-refractivity contribution >= 4 is 5.91 Å². The maximum absolute atomic E-state index is 11.5. The van der Waals surface area contributed by atoms with E-state index in [9.17, 15) is 4.79 Å². The van der Waals surface area contributed by atoms with E-state index < -0.39 is 0 Å². The number of carbonyl (C=O) groups is 1. The zero-order valence-electron chi connectivity index (χ0n) is 10.9. The predicted molar refractivity (Wildman–Crippen MR) is 70.3 cm³/mol. The van der Waals surface area contributed by atoms with E-state index in [0.717, 1.165) is 13.0 Å². The van der Waals surface area contributed by atoms with Gasteiger partial charge in [-0.2, -0.15) is 0 Å². The van der Waals surface area contributed by atoms with Gasteiger partial charge in [0, 0.05) is 6.54 Å². The van der Waals surface area contributed by atoms with Gasteiger partial charge < -0.3 is 5.73 Å². The topological polar surface area (TPSA) is 46.3 Å². The molecule has 0 spiro atoms. The van der Waals surface area contributed by atoms with Crippen molar-refractivity contribution in [2.24, 2.45) is 11.7 Å². The fourth-order valence-electron chi connectivity index (χ4n) is 2.13. The normalized spacial score (nSPS) is 14.6. The summed E-state index contributed by atoms with van der Waals surface area (Å²) in [5.74, 6) is 0.0407. The highest BCUT2D eigenvalue weighted by Gasteiger charge is 2.25. The van der Waals surface area contributed by atoms with Crippen molar-refractivity contribution in [2.75, 3.05) is 7.05 Å². The molecule has 0 aliphatic rings. The smallest absolute Gasteiger partial charge is 0.235 e. The lowest BCUT2D eigenvalue weighted by Gasteiger charge is -2.29. The van der Waals surface area contributed by atoms with Crippen LogP contribution in [0.4, 0.5) is 0 Å². The van der Waals surface area contributed by atoms with Crippen molar-refractivity contribution in [1.82, 2.24) is 4.90 Å². The second-order valence-electron chi connectivity index (χ2n) is 4.63. The second-order valence-corrected chi connectivity index (χ2v) is 4.63. The Balaban J connectivity index is 2.72. The van der Waals surface area contributed by atoms with Crippen LogP contribution >= 0.6 is 0 Å². The fourth-order valence-corrected chi connectivity index (χ4v) is 2.13. The zero-order chi connectivity index (χ0) is 12.8. The lowest BCUT2D eigenvalue weighted by molar-refractivity contribution is -0.124. The summed E-state index contributed by atoms with van der Waals surface area (Å²) in [6.45, 7) is 4.90. The quantitative estimate of drug-likeness (QED) is 0.818. The first kappa shape index (κ1) is 13.7. The first-order chi connectivity index (χ1) is 8.06. The molecule has 0 aliphatic carbocycles. The minimum Gasteiger partial charge on any atom is -0.368 e. The molecule has 1 rings (SSSR count). The summed E-state index contributed by atoms with van der Waals surface area (Å²) >= 11 is 0. The van der Waals surface area contributed by atoms with Crippen LogP contribution in [0.25, 0.3) is 0 Å². The maximum atomic E-state index is 11.5. The van der Waals surface area contributed by atoms with Crippen molar-refractivity contribution in [3.8, 4) is 0 Å². The summed E-state index contributed by atoms with van der Waals surface area (Å²) in [5.41, 5.74) is 6.69. The standard InChI is InChI=1S/C14H22N2O/c1-4-11(2)13(14(15)17)16(3)10-12-8-6-5-7-9-12/h5-9,11,13H,4,10H2,1-3H3,(H2,15,17)/t11?,13-/m0/s1. The molecule has 17 heavy (non-hydrogen) atoms. The molecule has 0 aliphatic heterocycles. The molecule has 1 amide bonds. The van der Waals surface area contributed by atoms with Gasteiger partial charge in [-0.25, -0.2) is 0 Å². The van der Waals surface area contributed by atoms with Crippen molar-refractivity contribution in [1.29, 1.82) is 0 Å². The van der Waals surface area contributed by atoms with Crippen molar-refractivity contribution in [3.63, 3.8) is 0 Å². The summed E-state index contributed by atoms with van der Waals surface area (Å²) in [4.78, 5) is 13.5. The monoisotopic (exact) mass is 234 g/mol. The van der Waals surface area contributed by atoms with E-state index in [1.54, 1.807) is 0 Å². The van der Waals surface area contributed by atoms with Gasteiger partial charge in [0.1, 0.15) is 0 Å². The Morgan fingerprint density at radius 1 is 1.35 bits per heavy atom. The Labute approximate surface area is 104 Å². The Morgan fingerprint density at radius 2 is 1.94 bits per heavy atom. The molecule has 1 aromatic rings. The number of nitrogens with two attached hydrogens (primary N) is 1. The van der Waals surface area contributed by atoms with Crippen molar-refractivity contribution in [3.05, 3.63) is 35.9 Å². The summed E-state index contributed by atoms with van der Waals surface area (Å²) in [7, 11) is 1.95. The molecule has 0 saturated heterocycles. The first-order valence-electron chi connectivity index (χ1n) is 6.09. The number of benzene rings is 1. The minimum atomic E-state index is -0.238. The Bertz CT molecular complexity index is 350. The third-order valence-corrected chi connectivity index (χ3v) is 3.22. The van der Waals surface area contributed by atoms with Gasteiger partial charge in [-0.3, -0.25) is 9.69 Å². The molecule has 0 saturated carbocycles. The van der Waals surface area contributed by atoms with Gasteiger partial charge >= 0.3 is 0 Å². The number of rotatable bonds is 6. The second kappa shape index (κ2) is 6.40. The van der Waals surface area contributed by atoms with E-state index in [1.807, 2.05) is 30.1 Å². The fraction of sp³-hybridized carbons (Fsp3) is 0.500. The van der Waals surface area contributed by atoms with E-state index in [4.69, 9.17) is 5.73 Å². The molecular weight excluding hydrogens is 212 g/mol. The first-order valence-corrected chi connectivity index (χ1v) is 6.09. The zero-order valence-corrected chi connectivity index (χ0v) is 10.9. The highest BCUT2D eigenvalue weighted by molar-refractivity contribution is 5.80. The van der Waals surface area contributed by atoms with Gasteiger partial charge in [0.05, 0.1) is 6.04 Å². The van der Waals surface area contributed by atoms with Gasteiger partial charge in [-0.05, 0) is 18.5 Å². The molecule has 0 aromatic heterocycles. The minimum absolute atomic E-state index is 0.194. The number of hydrogen-bond donors (Lipinski definition) is 1. The number of carbonyl (C=O) groups excluding carboxylic acids is 1. The van der Waals surface area contributed by atoms with Crippen LogP contribution in [0.2, 0.25) is 0 Å². The average Bonchev–Trinajstić information content (AvgIpc) is 2.29. The van der Waals surface area contributed by atoms with E-state index >= 15 is 0 Å². The van der Waals surface area contributed by atoms with Crippen LogP contribution in [-0.2, 0) is 11.3 Å². The molecule has 0 bridgehead atoms. The van der Waals surface area contributed by atoms with E-state index in [1.165, 1.54) is 5.56 Å². The lowest BCUT2D eigenvalue weighted by atomic mass is 9.97. The van der Waals surface area contributed by atoms with E-state index in [0.29, 0.717) is 0 Å². The average molecular weight is 234 g/mol. The van der Waals surface area contributed by atoms with Gasteiger partial charge in [-0.15, -0.1) is 0 Å². The highest BCUT2D eigenvalue weighted by Crippen LogP contribution is 2.15. The van der Waals surface area contributed by atoms with Gasteiger partial charge in [0.25, 0.3) is 0 Å². The summed E-state index contributed by atoms with van der Waals surface area (Å²) in [6, 6.07) is 9.93. The largest absolute Gasteiger partial charge is 0.368 e. The molecule has 2 N–H and O–H groups in total. The van der Waals surface area contributed by atoms with Crippen LogP contribution in [0.1, 0.15) is 25.8 Å². The van der Waals surface area contributed by atoms with Gasteiger partial charge in [-0.1, -0.05) is 50.6 Å². The Hall–Kier alpha value is -1.35. The maximum Gasteiger partial charge on any atom is 0.235 e. The number of nitrogens with zero attached hydrogens (tertiary/aromatic N) is 1. The Morgan fingerprint density at radius 3 is 2.41 bits per heavy atom. The van der Waals surface area contributed by atoms with Crippen LogP contribution in [0, 0.1) is 5.92 Å².